The molecule has 2 aliphatic heterocycles. The van der Waals surface area contributed by atoms with Gasteiger partial charge >= 0.3 is 0 Å². The fourth-order valence-corrected chi connectivity index (χ4v) is 3.55. The molecule has 0 aliphatic carbocycles. The number of carbonyl (C=O) groups is 1. The zero-order chi connectivity index (χ0) is 21.3. The Bertz CT molecular complexity index is 1000. The van der Waals surface area contributed by atoms with Crippen LogP contribution in [0.15, 0.2) is 29.5 Å². The molecule has 0 bridgehead atoms. The average Bonchev–Trinajstić information content (AvgIpc) is 3.17. The number of aliphatic hydroxyl groups excluding tert-OH is 1. The van der Waals surface area contributed by atoms with Crippen molar-refractivity contribution in [1.29, 1.82) is 0 Å². The molecule has 1 saturated heterocycles. The third-order valence-electron chi connectivity index (χ3n) is 5.18. The first-order chi connectivity index (χ1) is 14.4. The standard InChI is InChI=1S/C20H21F2N5O3/c1-10(12-6-11(21)2-3-13(12)22)26-20(29)18-17-14(7-23-18)24-9-25-19(17)27-15-8-30-5-4-16(15)28/h2-3,6,9-10,15-16,28H,4-5,7-8H2,1H3,(H,26,29)(H,24,25,27)/t10-,15-,16-/m1/s1. The minimum Gasteiger partial charge on any atom is -0.391 e. The smallest absolute Gasteiger partial charge is 0.270 e. The molecule has 0 unspecified atom stereocenters. The molecule has 8 nitrogen and oxygen atoms in total. The monoisotopic (exact) mass is 417 g/mol. The number of carbonyl (C=O) groups excluding carboxylic acids is 1. The fourth-order valence-electron chi connectivity index (χ4n) is 3.55. The van der Waals surface area contributed by atoms with Gasteiger partial charge in [-0.1, -0.05) is 0 Å². The van der Waals surface area contributed by atoms with Gasteiger partial charge in [0.25, 0.3) is 5.91 Å². The van der Waals surface area contributed by atoms with Gasteiger partial charge in [-0.3, -0.25) is 9.79 Å². The number of rotatable bonds is 5. The lowest BCUT2D eigenvalue weighted by Crippen LogP contribution is -2.43. The van der Waals surface area contributed by atoms with E-state index in [1.165, 1.54) is 6.33 Å². The number of ether oxygens (including phenoxy) is 1. The molecule has 0 saturated carbocycles. The van der Waals surface area contributed by atoms with Crippen LogP contribution in [0.1, 0.15) is 36.2 Å². The minimum absolute atomic E-state index is 0.0345. The van der Waals surface area contributed by atoms with Crippen LogP contribution in [0, 0.1) is 11.6 Å². The molecule has 158 valence electrons. The lowest BCUT2D eigenvalue weighted by molar-refractivity contribution is -0.115. The Morgan fingerprint density at radius 2 is 2.17 bits per heavy atom. The minimum atomic E-state index is -0.783. The van der Waals surface area contributed by atoms with Crippen molar-refractivity contribution in [1.82, 2.24) is 15.3 Å². The number of amides is 1. The Morgan fingerprint density at radius 3 is 2.97 bits per heavy atom. The third kappa shape index (κ3) is 4.01. The molecule has 0 spiro atoms. The summed E-state index contributed by atoms with van der Waals surface area (Å²) in [7, 11) is 0. The van der Waals surface area contributed by atoms with E-state index in [2.05, 4.69) is 25.6 Å². The molecule has 2 aromatic rings. The number of nitrogens with zero attached hydrogens (tertiary/aromatic N) is 3. The third-order valence-corrected chi connectivity index (χ3v) is 5.18. The SMILES string of the molecule is C[C@@H](NC(=O)C1=NCc2ncnc(N[C@@H]3COCC[C@H]3O)c21)c1cc(F)ccc1F. The van der Waals surface area contributed by atoms with Gasteiger partial charge in [0.05, 0.1) is 42.6 Å². The predicted molar refractivity (Wildman–Crippen MR) is 104 cm³/mol. The molecule has 1 aromatic heterocycles. The van der Waals surface area contributed by atoms with E-state index in [-0.39, 0.29) is 23.9 Å². The summed E-state index contributed by atoms with van der Waals surface area (Å²) in [4.78, 5) is 25.5. The van der Waals surface area contributed by atoms with E-state index >= 15 is 0 Å². The van der Waals surface area contributed by atoms with Crippen LogP contribution in [-0.4, -0.2) is 52.1 Å². The summed E-state index contributed by atoms with van der Waals surface area (Å²) in [6.45, 7) is 2.53. The number of fused-ring (bicyclic) bond motifs is 1. The van der Waals surface area contributed by atoms with Crippen LogP contribution in [0.25, 0.3) is 0 Å². The van der Waals surface area contributed by atoms with Gasteiger partial charge in [-0.15, -0.1) is 0 Å². The summed E-state index contributed by atoms with van der Waals surface area (Å²) in [5.74, 6) is -1.40. The topological polar surface area (TPSA) is 109 Å². The molecule has 1 aromatic carbocycles. The Morgan fingerprint density at radius 1 is 1.33 bits per heavy atom. The highest BCUT2D eigenvalue weighted by Crippen LogP contribution is 2.26. The van der Waals surface area contributed by atoms with E-state index in [0.717, 1.165) is 18.2 Å². The first kappa shape index (κ1) is 20.3. The lowest BCUT2D eigenvalue weighted by atomic mass is 10.0. The van der Waals surface area contributed by atoms with Crippen molar-refractivity contribution in [2.24, 2.45) is 4.99 Å². The summed E-state index contributed by atoms with van der Waals surface area (Å²) in [5.41, 5.74) is 1.13. The highest BCUT2D eigenvalue weighted by atomic mass is 19.1. The molecule has 2 aliphatic rings. The molecule has 0 radical (unpaired) electrons. The van der Waals surface area contributed by atoms with Crippen molar-refractivity contribution in [3.63, 3.8) is 0 Å². The second-order valence-corrected chi connectivity index (χ2v) is 7.25. The number of hydrogen-bond acceptors (Lipinski definition) is 7. The maximum Gasteiger partial charge on any atom is 0.270 e. The second kappa shape index (κ2) is 8.41. The lowest BCUT2D eigenvalue weighted by Gasteiger charge is -2.29. The quantitative estimate of drug-likeness (QED) is 0.680. The van der Waals surface area contributed by atoms with E-state index in [1.807, 2.05) is 0 Å². The van der Waals surface area contributed by atoms with E-state index in [1.54, 1.807) is 6.92 Å². The van der Waals surface area contributed by atoms with Gasteiger partial charge in [0.1, 0.15) is 29.5 Å². The Hall–Kier alpha value is -2.98. The number of anilines is 1. The number of aromatic nitrogens is 2. The molecular formula is C20H21F2N5O3. The first-order valence-corrected chi connectivity index (χ1v) is 9.61. The number of halogens is 2. The molecule has 3 atom stereocenters. The number of aliphatic imine (C=N–C) groups is 1. The highest BCUT2D eigenvalue weighted by molar-refractivity contribution is 6.47. The maximum atomic E-state index is 14.0. The average molecular weight is 417 g/mol. The van der Waals surface area contributed by atoms with Gasteiger partial charge in [-0.05, 0) is 31.5 Å². The molecule has 1 fully saturated rings. The molecule has 4 rings (SSSR count). The van der Waals surface area contributed by atoms with Crippen LogP contribution in [0.4, 0.5) is 14.6 Å². The second-order valence-electron chi connectivity index (χ2n) is 7.25. The van der Waals surface area contributed by atoms with Crippen LogP contribution in [0.5, 0.6) is 0 Å². The Balaban J connectivity index is 1.55. The van der Waals surface area contributed by atoms with Gasteiger partial charge < -0.3 is 20.5 Å². The van der Waals surface area contributed by atoms with Crippen LogP contribution >= 0.6 is 0 Å². The number of nitrogens with one attached hydrogen (secondary N) is 2. The summed E-state index contributed by atoms with van der Waals surface area (Å²) in [6.07, 6.45) is 1.23. The van der Waals surface area contributed by atoms with Crippen LogP contribution in [-0.2, 0) is 16.1 Å². The number of aliphatic hydroxyl groups is 1. The number of benzene rings is 1. The summed E-state index contributed by atoms with van der Waals surface area (Å²) >= 11 is 0. The van der Waals surface area contributed by atoms with Crippen molar-refractivity contribution in [3.05, 3.63) is 53.0 Å². The summed E-state index contributed by atoms with van der Waals surface area (Å²) < 4.78 is 32.9. The zero-order valence-electron chi connectivity index (χ0n) is 16.2. The normalized spacial score (nSPS) is 21.5. The predicted octanol–water partition coefficient (Wildman–Crippen LogP) is 1.50. The molecule has 3 heterocycles. The highest BCUT2D eigenvalue weighted by Gasteiger charge is 2.31. The van der Waals surface area contributed by atoms with Crippen molar-refractivity contribution < 1.29 is 23.4 Å². The van der Waals surface area contributed by atoms with E-state index in [0.29, 0.717) is 36.7 Å². The van der Waals surface area contributed by atoms with Crippen LogP contribution in [0.3, 0.4) is 0 Å². The molecule has 3 N–H and O–H groups in total. The maximum absolute atomic E-state index is 14.0. The van der Waals surface area contributed by atoms with E-state index in [4.69, 9.17) is 4.74 Å². The number of hydrogen-bond donors (Lipinski definition) is 3. The van der Waals surface area contributed by atoms with Gasteiger partial charge in [-0.2, -0.15) is 0 Å². The molecule has 1 amide bonds. The molecular weight excluding hydrogens is 396 g/mol. The van der Waals surface area contributed by atoms with Crippen molar-refractivity contribution in [2.45, 2.75) is 38.1 Å². The van der Waals surface area contributed by atoms with Gasteiger partial charge in [0.15, 0.2) is 0 Å². The largest absolute Gasteiger partial charge is 0.391 e. The van der Waals surface area contributed by atoms with Crippen molar-refractivity contribution in [3.8, 4) is 0 Å². The molecule has 30 heavy (non-hydrogen) atoms. The van der Waals surface area contributed by atoms with E-state index in [9.17, 15) is 18.7 Å². The van der Waals surface area contributed by atoms with Gasteiger partial charge in [0.2, 0.25) is 0 Å². The molecule has 10 heteroatoms. The van der Waals surface area contributed by atoms with Crippen LogP contribution < -0.4 is 10.6 Å². The van der Waals surface area contributed by atoms with Crippen LogP contribution in [0.2, 0.25) is 0 Å². The first-order valence-electron chi connectivity index (χ1n) is 9.61. The fraction of sp³-hybridized carbons (Fsp3) is 0.400. The summed E-state index contributed by atoms with van der Waals surface area (Å²) in [6, 6.07) is 1.91. The summed E-state index contributed by atoms with van der Waals surface area (Å²) in [5, 5.41) is 16.0. The van der Waals surface area contributed by atoms with Crippen molar-refractivity contribution in [2.75, 3.05) is 18.5 Å². The Kier molecular flexibility index (Phi) is 5.69. The van der Waals surface area contributed by atoms with Gasteiger partial charge in [-0.25, -0.2) is 18.7 Å². The Labute approximate surface area is 171 Å². The van der Waals surface area contributed by atoms with Crippen molar-refractivity contribution >= 4 is 17.4 Å². The van der Waals surface area contributed by atoms with Gasteiger partial charge in [0, 0.05) is 12.2 Å². The zero-order valence-corrected chi connectivity index (χ0v) is 16.2. The van der Waals surface area contributed by atoms with E-state index < -0.39 is 29.7 Å².